The molecule has 7 atom stereocenters. The number of aromatic amines is 1. The van der Waals surface area contributed by atoms with E-state index in [1.165, 1.54) is 6.33 Å². The molecule has 3 heterocycles. The van der Waals surface area contributed by atoms with Crippen molar-refractivity contribution in [3.63, 3.8) is 0 Å². The number of imidazole rings is 1. The Morgan fingerprint density at radius 1 is 1.40 bits per heavy atom. The molecule has 0 radical (unpaired) electrons. The number of aromatic hydroxyl groups is 1. The summed E-state index contributed by atoms with van der Waals surface area (Å²) in [7, 11) is -4.18. The average Bonchev–Trinajstić information content (AvgIpc) is 3.42. The third kappa shape index (κ3) is 6.94. The smallest absolute Gasteiger partial charge is 0.296 e. The van der Waals surface area contributed by atoms with Crippen LogP contribution < -0.4 is 5.56 Å². The fourth-order valence-corrected chi connectivity index (χ4v) is 8.18. The summed E-state index contributed by atoms with van der Waals surface area (Å²) < 4.78 is 27.1. The zero-order valence-electron chi connectivity index (χ0n) is 24.4. The lowest BCUT2D eigenvalue weighted by Gasteiger charge is -2.41. The van der Waals surface area contributed by atoms with Gasteiger partial charge in [-0.15, -0.1) is 0 Å². The van der Waals surface area contributed by atoms with E-state index in [0.29, 0.717) is 18.9 Å². The first-order chi connectivity index (χ1) is 18.5. The van der Waals surface area contributed by atoms with Gasteiger partial charge in [-0.25, -0.2) is 4.98 Å². The Morgan fingerprint density at radius 3 is 2.75 bits per heavy atom. The molecular weight excluding hydrogens is 588 g/mol. The highest BCUT2D eigenvalue weighted by Crippen LogP contribution is 2.47. The van der Waals surface area contributed by atoms with Gasteiger partial charge in [0.1, 0.15) is 12.3 Å². The van der Waals surface area contributed by atoms with Crippen LogP contribution in [0.25, 0.3) is 11.2 Å². The van der Waals surface area contributed by atoms with Gasteiger partial charge in [-0.05, 0) is 69.0 Å². The van der Waals surface area contributed by atoms with Crippen LogP contribution in [0.2, 0.25) is 18.1 Å². The Bertz CT molecular complexity index is 1330. The third-order valence-corrected chi connectivity index (χ3v) is 15.3. The maximum Gasteiger partial charge on any atom is 0.296 e. The zero-order chi connectivity index (χ0) is 29.6. The SMILES string of the molecule is C=C(C)[C@H]1CC[C@@](C)(S)[C@H](O[P@@H](=S)O[C@H]2C[C@H](n3cnc4c(=O)[nH]c(O)nc43)O[C@@H]2CO[Si](C)(C)C(C)(C)C)C1. The van der Waals surface area contributed by atoms with E-state index in [2.05, 4.69) is 69.2 Å². The van der Waals surface area contributed by atoms with Gasteiger partial charge in [-0.3, -0.25) is 14.3 Å². The molecule has 224 valence electrons. The molecule has 0 aromatic carbocycles. The zero-order valence-corrected chi connectivity index (χ0v) is 28.1. The molecule has 2 N–H and O–H groups in total. The van der Waals surface area contributed by atoms with Crippen molar-refractivity contribution in [3.8, 4) is 6.01 Å². The fraction of sp³-hybridized carbons (Fsp3) is 0.731. The molecule has 2 aromatic rings. The van der Waals surface area contributed by atoms with E-state index in [4.69, 9.17) is 42.6 Å². The molecule has 4 rings (SSSR count). The normalized spacial score (nSPS) is 30.6. The number of ether oxygens (including phenoxy) is 1. The molecule has 0 amide bonds. The van der Waals surface area contributed by atoms with Crippen molar-refractivity contribution >= 4 is 51.1 Å². The summed E-state index contributed by atoms with van der Waals surface area (Å²) in [6.07, 6.45) is 3.17. The third-order valence-electron chi connectivity index (χ3n) is 8.70. The number of rotatable bonds is 9. The second-order valence-electron chi connectivity index (χ2n) is 12.8. The number of nitrogens with one attached hydrogen (secondary N) is 1. The van der Waals surface area contributed by atoms with Gasteiger partial charge in [0.25, 0.3) is 11.6 Å². The first-order valence-corrected chi connectivity index (χ1v) is 19.5. The number of allylic oxidation sites excluding steroid dienone is 1. The van der Waals surface area contributed by atoms with E-state index < -0.39 is 45.5 Å². The largest absolute Gasteiger partial charge is 0.480 e. The number of nitrogens with zero attached hydrogens (tertiary/aromatic N) is 3. The molecular formula is C26H43N4O6PS2Si. The maximum absolute atomic E-state index is 12.3. The number of H-pyrrole nitrogens is 1. The lowest BCUT2D eigenvalue weighted by atomic mass is 9.77. The van der Waals surface area contributed by atoms with Gasteiger partial charge in [0, 0.05) is 11.2 Å². The van der Waals surface area contributed by atoms with Crippen LogP contribution in [-0.4, -0.2) is 62.6 Å². The van der Waals surface area contributed by atoms with Crippen LogP contribution in [0, 0.1) is 5.92 Å². The summed E-state index contributed by atoms with van der Waals surface area (Å²) in [4.78, 5) is 22.8. The van der Waals surface area contributed by atoms with E-state index in [-0.39, 0.29) is 27.1 Å². The van der Waals surface area contributed by atoms with Gasteiger partial charge in [0.2, 0.25) is 0 Å². The first kappa shape index (κ1) is 31.9. The molecule has 1 aliphatic heterocycles. The molecule has 2 aliphatic rings. The molecule has 10 nitrogen and oxygen atoms in total. The predicted molar refractivity (Wildman–Crippen MR) is 166 cm³/mol. The molecule has 1 saturated heterocycles. The molecule has 0 spiro atoms. The summed E-state index contributed by atoms with van der Waals surface area (Å²) in [5, 5.41) is 9.92. The quantitative estimate of drug-likeness (QED) is 0.143. The van der Waals surface area contributed by atoms with Crippen molar-refractivity contribution in [2.45, 2.75) is 108 Å². The van der Waals surface area contributed by atoms with E-state index in [1.807, 2.05) is 0 Å². The number of hydrogen-bond acceptors (Lipinski definition) is 10. The van der Waals surface area contributed by atoms with E-state index >= 15 is 0 Å². The lowest BCUT2D eigenvalue weighted by molar-refractivity contribution is -0.0372. The Morgan fingerprint density at radius 2 is 2.10 bits per heavy atom. The van der Waals surface area contributed by atoms with Crippen LogP contribution in [0.3, 0.4) is 0 Å². The summed E-state index contributed by atoms with van der Waals surface area (Å²) >= 11 is 10.7. The lowest BCUT2D eigenvalue weighted by Crippen LogP contribution is -2.44. The first-order valence-electron chi connectivity index (χ1n) is 13.7. The Kier molecular flexibility index (Phi) is 9.49. The number of hydrogen-bond donors (Lipinski definition) is 3. The van der Waals surface area contributed by atoms with Gasteiger partial charge >= 0.3 is 0 Å². The van der Waals surface area contributed by atoms with E-state index in [9.17, 15) is 9.90 Å². The van der Waals surface area contributed by atoms with Crippen LogP contribution in [0.1, 0.15) is 66.5 Å². The van der Waals surface area contributed by atoms with Gasteiger partial charge in [-0.2, -0.15) is 17.6 Å². The summed E-state index contributed by atoms with van der Waals surface area (Å²) in [5.74, 6) is 0.376. The topological polar surface area (TPSA) is 121 Å². The van der Waals surface area contributed by atoms with E-state index in [1.54, 1.807) is 4.57 Å². The summed E-state index contributed by atoms with van der Waals surface area (Å²) in [6, 6.07) is -0.484. The monoisotopic (exact) mass is 630 g/mol. The van der Waals surface area contributed by atoms with Crippen LogP contribution >= 0.6 is 19.8 Å². The van der Waals surface area contributed by atoms with Gasteiger partial charge in [-0.1, -0.05) is 32.9 Å². The van der Waals surface area contributed by atoms with Crippen molar-refractivity contribution < 1.29 is 23.3 Å². The molecule has 1 aliphatic carbocycles. The van der Waals surface area contributed by atoms with Gasteiger partial charge < -0.3 is 23.3 Å². The van der Waals surface area contributed by atoms with Crippen molar-refractivity contribution in [2.24, 2.45) is 5.92 Å². The van der Waals surface area contributed by atoms with E-state index in [0.717, 1.165) is 24.8 Å². The molecule has 1 saturated carbocycles. The minimum Gasteiger partial charge on any atom is -0.480 e. The summed E-state index contributed by atoms with van der Waals surface area (Å²) in [5.41, 5.74) is 0.977. The van der Waals surface area contributed by atoms with Crippen LogP contribution in [0.5, 0.6) is 6.01 Å². The second-order valence-corrected chi connectivity index (χ2v) is 20.6. The van der Waals surface area contributed by atoms with Crippen molar-refractivity contribution in [2.75, 3.05) is 6.61 Å². The van der Waals surface area contributed by atoms with Crippen molar-refractivity contribution in [3.05, 3.63) is 28.8 Å². The fourth-order valence-electron chi connectivity index (χ4n) is 4.93. The summed E-state index contributed by atoms with van der Waals surface area (Å²) in [6.45, 7) is 19.6. The Labute approximate surface area is 248 Å². The molecule has 2 aromatic heterocycles. The highest BCUT2D eigenvalue weighted by atomic mass is 32.4. The molecule has 14 heteroatoms. The molecule has 40 heavy (non-hydrogen) atoms. The molecule has 0 bridgehead atoms. The standard InChI is InChI=1S/C26H43N4O6PS2Si/c1-15(2)16-9-10-26(6,38)19(11-16)36-37(39)35-17-12-20(34-18(17)13-33-40(7,8)25(3,4)5)30-14-27-21-22(30)28-24(32)29-23(21)31/h14,16-20,37-38H,1,9-13H2,2-8H3,(H2,28,29,31,32)/t16-,17-,18+,19+,20+,26+/m0/s1. The van der Waals surface area contributed by atoms with Crippen molar-refractivity contribution in [1.29, 1.82) is 0 Å². The molecule has 2 fully saturated rings. The highest BCUT2D eigenvalue weighted by Gasteiger charge is 2.44. The minimum atomic E-state index is -2.11. The number of fused-ring (bicyclic) bond motifs is 1. The maximum atomic E-state index is 12.3. The minimum absolute atomic E-state index is 0.0261. The second kappa shape index (κ2) is 11.9. The highest BCUT2D eigenvalue weighted by molar-refractivity contribution is 8.00. The van der Waals surface area contributed by atoms with Crippen molar-refractivity contribution in [1.82, 2.24) is 19.5 Å². The Balaban J connectivity index is 1.54. The number of aromatic nitrogens is 4. The molecule has 0 unspecified atom stereocenters. The van der Waals surface area contributed by atoms with Crippen LogP contribution in [0.4, 0.5) is 0 Å². The van der Waals surface area contributed by atoms with Crippen LogP contribution in [-0.2, 0) is 30.0 Å². The van der Waals surface area contributed by atoms with Gasteiger partial charge in [0.05, 0.1) is 25.1 Å². The predicted octanol–water partition coefficient (Wildman–Crippen LogP) is 5.48. The van der Waals surface area contributed by atoms with Crippen LogP contribution in [0.15, 0.2) is 23.3 Å². The van der Waals surface area contributed by atoms with Gasteiger partial charge in [0.15, 0.2) is 26.6 Å². The average molecular weight is 631 g/mol. The Hall–Kier alpha value is -1.05. The number of thiol groups is 1.